The summed E-state index contributed by atoms with van der Waals surface area (Å²) in [5.41, 5.74) is -0.574. The van der Waals surface area contributed by atoms with Crippen LogP contribution in [-0.2, 0) is 20.4 Å². The van der Waals surface area contributed by atoms with Crippen LogP contribution >= 0.6 is 0 Å². The summed E-state index contributed by atoms with van der Waals surface area (Å²) in [5, 5.41) is 4.98. The van der Waals surface area contributed by atoms with Crippen molar-refractivity contribution in [3.63, 3.8) is 0 Å². The van der Waals surface area contributed by atoms with Gasteiger partial charge in [0, 0.05) is 31.7 Å². The Morgan fingerprint density at radius 2 is 1.33 bits per heavy atom. The Morgan fingerprint density at radius 1 is 0.944 bits per heavy atom. The van der Waals surface area contributed by atoms with E-state index in [1.54, 1.807) is 20.8 Å². The Kier molecular flexibility index (Phi) is 4.41. The summed E-state index contributed by atoms with van der Waals surface area (Å²) in [4.78, 5) is 0. The maximum atomic E-state index is 12.0. The molecule has 1 saturated heterocycles. The van der Waals surface area contributed by atoms with Crippen LogP contribution in [0.2, 0.25) is 0 Å². The van der Waals surface area contributed by atoms with Gasteiger partial charge in [0.05, 0.1) is 0 Å². The highest BCUT2D eigenvalue weighted by molar-refractivity contribution is 7.87. The zero-order valence-corrected chi connectivity index (χ0v) is 12.4. The van der Waals surface area contributed by atoms with E-state index in [-0.39, 0.29) is 26.2 Å². The van der Waals surface area contributed by atoms with Gasteiger partial charge in [-0.25, -0.2) is 5.14 Å². The second-order valence-electron chi connectivity index (χ2n) is 5.20. The Balaban J connectivity index is 2.69. The van der Waals surface area contributed by atoms with E-state index in [1.807, 2.05) is 0 Å². The second kappa shape index (κ2) is 5.02. The Morgan fingerprint density at radius 3 is 1.67 bits per heavy atom. The maximum Gasteiger partial charge on any atom is 0.280 e. The number of nitrogens with one attached hydrogen (secondary N) is 1. The Labute approximate surface area is 108 Å². The minimum absolute atomic E-state index is 0.0733. The van der Waals surface area contributed by atoms with Gasteiger partial charge in [0.15, 0.2) is 0 Å². The van der Waals surface area contributed by atoms with Gasteiger partial charge >= 0.3 is 0 Å². The number of rotatable bonds is 3. The average molecular weight is 300 g/mol. The molecule has 1 aliphatic heterocycles. The van der Waals surface area contributed by atoms with Gasteiger partial charge in [0.1, 0.15) is 0 Å². The molecule has 0 atom stereocenters. The SMILES string of the molecule is CC(C)(C)NS(=O)(=O)N1CCN(S(N)(=O)=O)CC1. The molecule has 1 fully saturated rings. The highest BCUT2D eigenvalue weighted by Crippen LogP contribution is 2.11. The third-order valence-electron chi connectivity index (χ3n) is 2.33. The summed E-state index contributed by atoms with van der Waals surface area (Å²) in [6.07, 6.45) is 0. The summed E-state index contributed by atoms with van der Waals surface area (Å²) in [7, 11) is -7.33. The van der Waals surface area contributed by atoms with Crippen molar-refractivity contribution in [3.8, 4) is 0 Å². The first-order chi connectivity index (χ1) is 7.92. The summed E-state index contributed by atoms with van der Waals surface area (Å²) in [6.45, 7) is 5.57. The lowest BCUT2D eigenvalue weighted by atomic mass is 10.1. The van der Waals surface area contributed by atoms with E-state index in [2.05, 4.69) is 4.72 Å². The van der Waals surface area contributed by atoms with E-state index in [0.29, 0.717) is 0 Å². The van der Waals surface area contributed by atoms with Gasteiger partial charge < -0.3 is 0 Å². The topological polar surface area (TPSA) is 113 Å². The van der Waals surface area contributed by atoms with Crippen molar-refractivity contribution in [2.75, 3.05) is 26.2 Å². The fourth-order valence-electron chi connectivity index (χ4n) is 1.62. The third-order valence-corrected chi connectivity index (χ3v) is 5.33. The van der Waals surface area contributed by atoms with Crippen LogP contribution in [-0.4, -0.2) is 57.2 Å². The minimum Gasteiger partial charge on any atom is -0.216 e. The van der Waals surface area contributed by atoms with Crippen LogP contribution in [0.5, 0.6) is 0 Å². The minimum atomic E-state index is -3.74. The number of piperazine rings is 1. The van der Waals surface area contributed by atoms with Crippen LogP contribution in [0.25, 0.3) is 0 Å². The molecular formula is C8H20N4O4S2. The lowest BCUT2D eigenvalue weighted by molar-refractivity contribution is 0.267. The van der Waals surface area contributed by atoms with Gasteiger partial charge in [-0.15, -0.1) is 0 Å². The molecule has 1 aliphatic rings. The highest BCUT2D eigenvalue weighted by Gasteiger charge is 2.32. The number of nitrogens with zero attached hydrogens (tertiary/aromatic N) is 2. The van der Waals surface area contributed by atoms with Crippen molar-refractivity contribution in [1.29, 1.82) is 0 Å². The maximum absolute atomic E-state index is 12.0. The van der Waals surface area contributed by atoms with Crippen LogP contribution in [0.1, 0.15) is 20.8 Å². The lowest BCUT2D eigenvalue weighted by Crippen LogP contribution is -2.56. The number of nitrogens with two attached hydrogens (primary N) is 1. The molecule has 0 aromatic rings. The molecule has 18 heavy (non-hydrogen) atoms. The van der Waals surface area contributed by atoms with Gasteiger partial charge in [0.25, 0.3) is 20.4 Å². The van der Waals surface area contributed by atoms with E-state index >= 15 is 0 Å². The van der Waals surface area contributed by atoms with Crippen LogP contribution in [0, 0.1) is 0 Å². The van der Waals surface area contributed by atoms with Gasteiger partial charge in [0.2, 0.25) is 0 Å². The van der Waals surface area contributed by atoms with Crippen LogP contribution in [0.3, 0.4) is 0 Å². The van der Waals surface area contributed by atoms with E-state index in [0.717, 1.165) is 4.31 Å². The van der Waals surface area contributed by atoms with Gasteiger partial charge in [-0.2, -0.15) is 30.2 Å². The average Bonchev–Trinajstić information content (AvgIpc) is 2.13. The zero-order valence-electron chi connectivity index (χ0n) is 10.7. The molecule has 0 aromatic carbocycles. The molecule has 0 spiro atoms. The normalized spacial score (nSPS) is 21.1. The molecule has 3 N–H and O–H groups in total. The lowest BCUT2D eigenvalue weighted by Gasteiger charge is -2.34. The van der Waals surface area contributed by atoms with Crippen molar-refractivity contribution in [1.82, 2.24) is 13.3 Å². The van der Waals surface area contributed by atoms with Gasteiger partial charge in [-0.05, 0) is 20.8 Å². The fraction of sp³-hybridized carbons (Fsp3) is 1.00. The van der Waals surface area contributed by atoms with Crippen molar-refractivity contribution >= 4 is 20.4 Å². The molecule has 0 aliphatic carbocycles. The Hall–Kier alpha value is -0.260. The molecule has 108 valence electrons. The summed E-state index contributed by atoms with van der Waals surface area (Å²) in [5.74, 6) is 0. The van der Waals surface area contributed by atoms with Crippen molar-refractivity contribution in [2.45, 2.75) is 26.3 Å². The summed E-state index contributed by atoms with van der Waals surface area (Å²) >= 11 is 0. The van der Waals surface area contributed by atoms with Crippen molar-refractivity contribution < 1.29 is 16.8 Å². The second-order valence-corrected chi connectivity index (χ2v) is 8.42. The van der Waals surface area contributed by atoms with Gasteiger partial charge in [-0.1, -0.05) is 0 Å². The Bertz CT molecular complexity index is 486. The first kappa shape index (κ1) is 15.8. The zero-order chi connectivity index (χ0) is 14.2. The first-order valence-corrected chi connectivity index (χ1v) is 8.43. The molecule has 0 unspecified atom stereocenters. The monoisotopic (exact) mass is 300 g/mol. The third kappa shape index (κ3) is 4.44. The summed E-state index contributed by atoms with van der Waals surface area (Å²) in [6, 6.07) is 0. The molecule has 1 rings (SSSR count). The first-order valence-electron chi connectivity index (χ1n) is 5.49. The molecule has 0 aromatic heterocycles. The highest BCUT2D eigenvalue weighted by atomic mass is 32.2. The molecular weight excluding hydrogens is 280 g/mol. The van der Waals surface area contributed by atoms with Crippen LogP contribution in [0.4, 0.5) is 0 Å². The van der Waals surface area contributed by atoms with E-state index in [9.17, 15) is 16.8 Å². The van der Waals surface area contributed by atoms with E-state index in [1.165, 1.54) is 4.31 Å². The molecule has 0 radical (unpaired) electrons. The van der Waals surface area contributed by atoms with Crippen molar-refractivity contribution in [2.24, 2.45) is 5.14 Å². The number of hydrogen-bond donors (Lipinski definition) is 2. The molecule has 8 nitrogen and oxygen atoms in total. The van der Waals surface area contributed by atoms with Crippen molar-refractivity contribution in [3.05, 3.63) is 0 Å². The van der Waals surface area contributed by atoms with E-state index in [4.69, 9.17) is 5.14 Å². The smallest absolute Gasteiger partial charge is 0.216 e. The molecule has 1 heterocycles. The molecule has 0 bridgehead atoms. The predicted molar refractivity (Wildman–Crippen MR) is 68.1 cm³/mol. The van der Waals surface area contributed by atoms with Gasteiger partial charge in [-0.3, -0.25) is 0 Å². The molecule has 10 heteroatoms. The fourth-order valence-corrected chi connectivity index (χ4v) is 3.84. The molecule has 0 saturated carbocycles. The van der Waals surface area contributed by atoms with Crippen LogP contribution < -0.4 is 9.86 Å². The van der Waals surface area contributed by atoms with Crippen LogP contribution in [0.15, 0.2) is 0 Å². The summed E-state index contributed by atoms with van der Waals surface area (Å²) < 4.78 is 50.9. The quantitative estimate of drug-likeness (QED) is 0.656. The number of hydrogen-bond acceptors (Lipinski definition) is 4. The predicted octanol–water partition coefficient (Wildman–Crippen LogP) is -1.56. The standard InChI is InChI=1S/C8H20N4O4S2/c1-8(2,3)10-18(15,16)12-6-4-11(5-7-12)17(9,13)14/h10H,4-7H2,1-3H3,(H2,9,13,14). The van der Waals surface area contributed by atoms with E-state index < -0.39 is 26.0 Å². The largest absolute Gasteiger partial charge is 0.280 e. The molecule has 0 amide bonds.